The third-order valence-electron chi connectivity index (χ3n) is 2.70. The molecule has 0 aliphatic heterocycles. The molecule has 0 N–H and O–H groups in total. The molecule has 0 saturated carbocycles. The summed E-state index contributed by atoms with van der Waals surface area (Å²) in [6.07, 6.45) is -8.69. The molecule has 1 atom stereocenters. The van der Waals surface area contributed by atoms with E-state index in [1.54, 1.807) is 0 Å². The summed E-state index contributed by atoms with van der Waals surface area (Å²) in [5.74, 6) is 0. The molecule has 0 amide bonds. The molecule has 2 rings (SSSR count). The Labute approximate surface area is 113 Å². The first-order valence-electron chi connectivity index (χ1n) is 5.49. The summed E-state index contributed by atoms with van der Waals surface area (Å²) in [5.41, 5.74) is -0.498. The minimum Gasteiger partial charge on any atom is -0.298 e. The summed E-state index contributed by atoms with van der Waals surface area (Å²) < 4.78 is 79.1. The van der Waals surface area contributed by atoms with Crippen LogP contribution in [0.5, 0.6) is 0 Å². The third-order valence-corrected chi connectivity index (χ3v) is 2.70. The van der Waals surface area contributed by atoms with E-state index in [9.17, 15) is 31.1 Å². The van der Waals surface area contributed by atoms with E-state index in [0.717, 1.165) is 6.07 Å². The molecule has 0 aliphatic rings. The second kappa shape index (κ2) is 5.06. The van der Waals surface area contributed by atoms with Gasteiger partial charge in [0.05, 0.1) is 5.52 Å². The molecular weight excluding hydrogens is 304 g/mol. The van der Waals surface area contributed by atoms with E-state index in [-0.39, 0.29) is 27.3 Å². The van der Waals surface area contributed by atoms with Crippen LogP contribution in [0.2, 0.25) is 0 Å². The van der Waals surface area contributed by atoms with E-state index in [2.05, 4.69) is 4.74 Å². The summed E-state index contributed by atoms with van der Waals surface area (Å²) >= 11 is 0. The van der Waals surface area contributed by atoms with Crippen LogP contribution >= 0.6 is 0 Å². The number of hydrogen-bond acceptors (Lipinski definition) is 2. The molecule has 114 valence electrons. The maximum atomic E-state index is 13.8. The Hall–Kier alpha value is -2.03. The van der Waals surface area contributed by atoms with E-state index < -0.39 is 18.8 Å². The molecule has 21 heavy (non-hydrogen) atoms. The number of para-hydroxylation sites is 1. The van der Waals surface area contributed by atoms with Crippen molar-refractivity contribution in [2.75, 3.05) is 0 Å². The number of aromatic nitrogens is 1. The van der Waals surface area contributed by atoms with E-state index in [0.29, 0.717) is 6.20 Å². The fraction of sp³-hybridized carbons (Fsp3) is 0.250. The van der Waals surface area contributed by atoms with Crippen LogP contribution in [0.1, 0.15) is 10.4 Å². The number of carbonyl (C=O) groups is 1. The normalized spacial score (nSPS) is 14.4. The van der Waals surface area contributed by atoms with Gasteiger partial charge in [-0.1, -0.05) is 18.2 Å². The predicted molar refractivity (Wildman–Crippen MR) is 59.6 cm³/mol. The van der Waals surface area contributed by atoms with Crippen molar-refractivity contribution in [1.82, 2.24) is 4.57 Å². The van der Waals surface area contributed by atoms with Gasteiger partial charge in [-0.05, 0) is 6.07 Å². The summed E-state index contributed by atoms with van der Waals surface area (Å²) in [6.45, 7) is 0. The van der Waals surface area contributed by atoms with Crippen molar-refractivity contribution in [2.45, 2.75) is 18.8 Å². The first-order chi connectivity index (χ1) is 9.66. The van der Waals surface area contributed by atoms with Crippen LogP contribution in [0.3, 0.4) is 0 Å². The molecule has 0 spiro atoms. The molecule has 1 aromatic heterocycles. The number of hydrogen-bond donors (Lipinski definition) is 0. The number of alkyl halides is 6. The molecular formula is C12H7F6NO2. The van der Waals surface area contributed by atoms with E-state index >= 15 is 0 Å². The molecule has 3 nitrogen and oxygen atoms in total. The fourth-order valence-electron chi connectivity index (χ4n) is 1.84. The molecule has 1 unspecified atom stereocenters. The standard InChI is InChI=1S/C12H7F6NO2/c13-10(21-12(16,17)18)11(14,15)19-5-7(6-20)8-3-1-2-4-9(8)19/h1-6,10H. The average molecular weight is 311 g/mol. The number of aldehydes is 1. The Morgan fingerprint density at radius 1 is 1.14 bits per heavy atom. The van der Waals surface area contributed by atoms with Gasteiger partial charge in [0.1, 0.15) is 0 Å². The van der Waals surface area contributed by atoms with Crippen molar-refractivity contribution >= 4 is 17.2 Å². The van der Waals surface area contributed by atoms with Crippen LogP contribution in [0.25, 0.3) is 10.9 Å². The minimum atomic E-state index is -5.56. The summed E-state index contributed by atoms with van der Waals surface area (Å²) in [4.78, 5) is 10.8. The molecule has 0 aliphatic carbocycles. The predicted octanol–water partition coefficient (Wildman–Crippen LogP) is 3.84. The largest absolute Gasteiger partial charge is 0.525 e. The number of halogens is 6. The number of benzene rings is 1. The zero-order chi connectivity index (χ0) is 15.8. The molecule has 1 aromatic carbocycles. The van der Waals surface area contributed by atoms with Crippen LogP contribution in [0, 0.1) is 0 Å². The van der Waals surface area contributed by atoms with Crippen LogP contribution < -0.4 is 0 Å². The first-order valence-corrected chi connectivity index (χ1v) is 5.49. The average Bonchev–Trinajstić information content (AvgIpc) is 2.76. The fourth-order valence-corrected chi connectivity index (χ4v) is 1.84. The summed E-state index contributed by atoms with van der Waals surface area (Å²) in [7, 11) is 0. The van der Waals surface area contributed by atoms with Gasteiger partial charge in [0.2, 0.25) is 0 Å². The Balaban J connectivity index is 2.52. The van der Waals surface area contributed by atoms with Crippen molar-refractivity contribution < 1.29 is 35.9 Å². The Bertz CT molecular complexity index is 663. The lowest BCUT2D eigenvalue weighted by Crippen LogP contribution is -2.38. The number of rotatable bonds is 4. The highest BCUT2D eigenvalue weighted by atomic mass is 19.4. The third kappa shape index (κ3) is 2.87. The molecule has 1 heterocycles. The van der Waals surface area contributed by atoms with Crippen LogP contribution in [-0.4, -0.2) is 23.6 Å². The number of fused-ring (bicyclic) bond motifs is 1. The molecule has 2 aromatic rings. The van der Waals surface area contributed by atoms with Gasteiger partial charge in [-0.2, -0.15) is 8.78 Å². The van der Waals surface area contributed by atoms with Crippen LogP contribution in [0.4, 0.5) is 26.3 Å². The topological polar surface area (TPSA) is 31.2 Å². The zero-order valence-corrected chi connectivity index (χ0v) is 10.1. The van der Waals surface area contributed by atoms with Gasteiger partial charge >= 0.3 is 12.4 Å². The van der Waals surface area contributed by atoms with Crippen molar-refractivity contribution in [2.24, 2.45) is 0 Å². The molecule has 0 bridgehead atoms. The van der Waals surface area contributed by atoms with Crippen molar-refractivity contribution in [1.29, 1.82) is 0 Å². The number of nitrogens with zero attached hydrogens (tertiary/aromatic N) is 1. The Morgan fingerprint density at radius 2 is 1.76 bits per heavy atom. The Kier molecular flexibility index (Phi) is 3.70. The maximum Gasteiger partial charge on any atom is 0.525 e. The lowest BCUT2D eigenvalue weighted by atomic mass is 10.2. The van der Waals surface area contributed by atoms with Gasteiger partial charge in [0.15, 0.2) is 6.29 Å². The smallest absolute Gasteiger partial charge is 0.298 e. The van der Waals surface area contributed by atoms with E-state index in [1.165, 1.54) is 18.2 Å². The maximum absolute atomic E-state index is 13.8. The molecule has 0 fully saturated rings. The van der Waals surface area contributed by atoms with Gasteiger partial charge in [0, 0.05) is 17.1 Å². The van der Waals surface area contributed by atoms with Gasteiger partial charge in [-0.15, -0.1) is 13.2 Å². The first kappa shape index (κ1) is 15.4. The quantitative estimate of drug-likeness (QED) is 0.634. The monoisotopic (exact) mass is 311 g/mol. The van der Waals surface area contributed by atoms with E-state index in [1.807, 2.05) is 0 Å². The zero-order valence-electron chi connectivity index (χ0n) is 10.1. The van der Waals surface area contributed by atoms with Gasteiger partial charge in [-0.3, -0.25) is 9.36 Å². The second-order valence-electron chi connectivity index (χ2n) is 4.06. The highest BCUT2D eigenvalue weighted by Crippen LogP contribution is 2.36. The van der Waals surface area contributed by atoms with E-state index in [4.69, 9.17) is 0 Å². The SMILES string of the molecule is O=Cc1cn(C(F)(F)C(F)OC(F)(F)F)c2ccccc12. The van der Waals surface area contributed by atoms with Crippen LogP contribution in [0.15, 0.2) is 30.5 Å². The lowest BCUT2D eigenvalue weighted by Gasteiger charge is -2.23. The highest BCUT2D eigenvalue weighted by Gasteiger charge is 2.50. The highest BCUT2D eigenvalue weighted by molar-refractivity contribution is 5.97. The summed E-state index contributed by atoms with van der Waals surface area (Å²) in [5, 5.41) is 0.0615. The summed E-state index contributed by atoms with van der Waals surface area (Å²) in [6, 6.07) is 0.550. The van der Waals surface area contributed by atoms with Crippen molar-refractivity contribution in [3.63, 3.8) is 0 Å². The van der Waals surface area contributed by atoms with Gasteiger partial charge < -0.3 is 0 Å². The molecule has 0 saturated heterocycles. The minimum absolute atomic E-state index is 0.0531. The van der Waals surface area contributed by atoms with Gasteiger partial charge in [0.25, 0.3) is 6.36 Å². The van der Waals surface area contributed by atoms with Crippen LogP contribution in [-0.2, 0) is 10.8 Å². The van der Waals surface area contributed by atoms with Crippen molar-refractivity contribution in [3.8, 4) is 0 Å². The molecule has 0 radical (unpaired) electrons. The number of ether oxygens (including phenoxy) is 1. The van der Waals surface area contributed by atoms with Gasteiger partial charge in [-0.25, -0.2) is 9.13 Å². The van der Waals surface area contributed by atoms with Crippen molar-refractivity contribution in [3.05, 3.63) is 36.0 Å². The lowest BCUT2D eigenvalue weighted by molar-refractivity contribution is -0.399. The molecule has 9 heteroatoms. The second-order valence-corrected chi connectivity index (χ2v) is 4.06. The Morgan fingerprint density at radius 3 is 2.33 bits per heavy atom. The number of carbonyl (C=O) groups excluding carboxylic acids is 1.